The molecule has 1 heterocycles. The van der Waals surface area contributed by atoms with Crippen LogP contribution in [0.2, 0.25) is 0 Å². The molecule has 4 nitrogen and oxygen atoms in total. The van der Waals surface area contributed by atoms with Crippen molar-refractivity contribution in [3.63, 3.8) is 0 Å². The highest BCUT2D eigenvalue weighted by Gasteiger charge is 2.23. The number of nitrogens with zero attached hydrogens (tertiary/aromatic N) is 2. The van der Waals surface area contributed by atoms with Gasteiger partial charge in [-0.05, 0) is 26.2 Å². The highest BCUT2D eigenvalue weighted by Crippen LogP contribution is 2.30. The zero-order valence-corrected chi connectivity index (χ0v) is 9.13. The Kier molecular flexibility index (Phi) is 3.10. The fourth-order valence-electron chi connectivity index (χ4n) is 0.859. The fourth-order valence-corrected chi connectivity index (χ4v) is 1.14. The van der Waals surface area contributed by atoms with Crippen LogP contribution in [0.25, 0.3) is 0 Å². The normalized spacial score (nSPS) is 11.4. The summed E-state index contributed by atoms with van der Waals surface area (Å²) in [6.45, 7) is 3.91. The van der Waals surface area contributed by atoms with Crippen molar-refractivity contribution in [2.24, 2.45) is 0 Å². The zero-order valence-electron chi connectivity index (χ0n) is 8.31. The van der Waals surface area contributed by atoms with E-state index in [0.29, 0.717) is 5.82 Å². The summed E-state index contributed by atoms with van der Waals surface area (Å²) in [5.74, 6) is -0.476. The van der Waals surface area contributed by atoms with Gasteiger partial charge in [-0.3, -0.25) is 0 Å². The lowest BCUT2D eigenvalue weighted by Crippen LogP contribution is -2.17. The molecule has 5 heteroatoms. The van der Waals surface area contributed by atoms with Crippen LogP contribution >= 0.6 is 11.8 Å². The molecule has 14 heavy (non-hydrogen) atoms. The van der Waals surface area contributed by atoms with Gasteiger partial charge in [0.2, 0.25) is 0 Å². The second-order valence-corrected chi connectivity index (χ2v) is 4.71. The van der Waals surface area contributed by atoms with Crippen molar-refractivity contribution in [2.75, 3.05) is 6.26 Å². The van der Waals surface area contributed by atoms with Crippen LogP contribution in [0.15, 0.2) is 12.3 Å². The Morgan fingerprint density at radius 1 is 1.57 bits per heavy atom. The lowest BCUT2D eigenvalue weighted by atomic mass is 10.2. The van der Waals surface area contributed by atoms with Crippen LogP contribution < -0.4 is 0 Å². The first-order valence-corrected chi connectivity index (χ1v) is 5.32. The van der Waals surface area contributed by atoms with Gasteiger partial charge in [-0.25, -0.2) is 14.8 Å². The van der Waals surface area contributed by atoms with E-state index in [0.717, 1.165) is 0 Å². The van der Waals surface area contributed by atoms with E-state index in [2.05, 4.69) is 9.97 Å². The van der Waals surface area contributed by atoms with E-state index >= 15 is 0 Å². The number of carbonyl (C=O) groups is 1. The van der Waals surface area contributed by atoms with E-state index < -0.39 is 5.97 Å². The van der Waals surface area contributed by atoms with E-state index in [1.54, 1.807) is 11.8 Å². The molecule has 0 amide bonds. The van der Waals surface area contributed by atoms with Gasteiger partial charge in [0.25, 0.3) is 0 Å². The highest BCUT2D eigenvalue weighted by molar-refractivity contribution is 7.99. The third-order valence-electron chi connectivity index (χ3n) is 1.92. The molecule has 0 aliphatic rings. The summed E-state index contributed by atoms with van der Waals surface area (Å²) < 4.78 is -0.258. The van der Waals surface area contributed by atoms with Crippen LogP contribution in [-0.4, -0.2) is 27.3 Å². The van der Waals surface area contributed by atoms with Gasteiger partial charge in [0, 0.05) is 6.20 Å². The molecule has 0 unspecified atom stereocenters. The summed E-state index contributed by atoms with van der Waals surface area (Å²) >= 11 is 1.58. The quantitative estimate of drug-likeness (QED) is 0.827. The standard InChI is InChI=1S/C9H12N2O2S/c1-9(2,14-3)8-10-5-4-6(11-8)7(12)13/h4-5H,1-3H3,(H,12,13). The van der Waals surface area contributed by atoms with Gasteiger partial charge in [-0.2, -0.15) is 11.8 Å². The van der Waals surface area contributed by atoms with Crippen LogP contribution in [0.5, 0.6) is 0 Å². The lowest BCUT2D eigenvalue weighted by molar-refractivity contribution is 0.0690. The first-order valence-electron chi connectivity index (χ1n) is 4.09. The van der Waals surface area contributed by atoms with E-state index in [1.165, 1.54) is 12.3 Å². The third kappa shape index (κ3) is 2.23. The van der Waals surface area contributed by atoms with Gasteiger partial charge >= 0.3 is 5.97 Å². The van der Waals surface area contributed by atoms with Crippen molar-refractivity contribution in [1.29, 1.82) is 0 Å². The largest absolute Gasteiger partial charge is 0.477 e. The van der Waals surface area contributed by atoms with Crippen LogP contribution in [0.3, 0.4) is 0 Å². The predicted molar refractivity (Wildman–Crippen MR) is 55.5 cm³/mol. The van der Waals surface area contributed by atoms with Gasteiger partial charge in [0.05, 0.1) is 4.75 Å². The number of carboxylic acids is 1. The molecule has 1 N–H and O–H groups in total. The molecule has 1 rings (SSSR count). The second-order valence-electron chi connectivity index (χ2n) is 3.29. The minimum Gasteiger partial charge on any atom is -0.477 e. The van der Waals surface area contributed by atoms with Crippen LogP contribution in [0, 0.1) is 0 Å². The maximum absolute atomic E-state index is 10.7. The molecule has 0 aliphatic heterocycles. The Morgan fingerprint density at radius 2 is 2.21 bits per heavy atom. The van der Waals surface area contributed by atoms with Gasteiger partial charge in [-0.15, -0.1) is 0 Å². The first-order chi connectivity index (χ1) is 6.47. The van der Waals surface area contributed by atoms with Gasteiger partial charge in [-0.1, -0.05) is 0 Å². The SMILES string of the molecule is CSC(C)(C)c1nccc(C(=O)O)n1. The second kappa shape index (κ2) is 3.96. The monoisotopic (exact) mass is 212 g/mol. The van der Waals surface area contributed by atoms with Crippen LogP contribution in [0.1, 0.15) is 30.2 Å². The van der Waals surface area contributed by atoms with Crippen molar-refractivity contribution in [1.82, 2.24) is 9.97 Å². The number of hydrogen-bond donors (Lipinski definition) is 1. The Labute approximate surface area is 86.8 Å². The maximum atomic E-state index is 10.7. The Hall–Kier alpha value is -1.10. The molecule has 0 aromatic carbocycles. The maximum Gasteiger partial charge on any atom is 0.354 e. The van der Waals surface area contributed by atoms with Crippen LogP contribution in [-0.2, 0) is 4.75 Å². The van der Waals surface area contributed by atoms with Crippen molar-refractivity contribution < 1.29 is 9.90 Å². The average molecular weight is 212 g/mol. The van der Waals surface area contributed by atoms with E-state index in [1.807, 2.05) is 20.1 Å². The van der Waals surface area contributed by atoms with E-state index in [4.69, 9.17) is 5.11 Å². The van der Waals surface area contributed by atoms with Crippen molar-refractivity contribution in [3.05, 3.63) is 23.8 Å². The summed E-state index contributed by atoms with van der Waals surface area (Å²) in [7, 11) is 0. The molecule has 0 spiro atoms. The summed E-state index contributed by atoms with van der Waals surface area (Å²) in [6.07, 6.45) is 3.42. The van der Waals surface area contributed by atoms with Gasteiger partial charge < -0.3 is 5.11 Å². The third-order valence-corrected chi connectivity index (χ3v) is 3.13. The van der Waals surface area contributed by atoms with Crippen molar-refractivity contribution in [3.8, 4) is 0 Å². The molecule has 1 aromatic rings. The summed E-state index contributed by atoms with van der Waals surface area (Å²) in [6, 6.07) is 1.39. The van der Waals surface area contributed by atoms with Gasteiger partial charge in [0.1, 0.15) is 5.82 Å². The van der Waals surface area contributed by atoms with Crippen molar-refractivity contribution >= 4 is 17.7 Å². The van der Waals surface area contributed by atoms with Crippen molar-refractivity contribution in [2.45, 2.75) is 18.6 Å². The fraction of sp³-hybridized carbons (Fsp3) is 0.444. The molecule has 0 fully saturated rings. The average Bonchev–Trinajstić information content (AvgIpc) is 2.18. The van der Waals surface area contributed by atoms with Gasteiger partial charge in [0.15, 0.2) is 5.69 Å². The number of aromatic nitrogens is 2. The number of thioether (sulfide) groups is 1. The number of hydrogen-bond acceptors (Lipinski definition) is 4. The predicted octanol–water partition coefficient (Wildman–Crippen LogP) is 1.77. The molecule has 0 aliphatic carbocycles. The molecule has 0 atom stereocenters. The number of aromatic carboxylic acids is 1. The summed E-state index contributed by atoms with van der Waals surface area (Å²) in [5, 5.41) is 8.75. The molecular formula is C9H12N2O2S. The number of rotatable bonds is 3. The molecule has 0 radical (unpaired) electrons. The van der Waals surface area contributed by atoms with E-state index in [9.17, 15) is 4.79 Å². The number of carboxylic acid groups (broad SMARTS) is 1. The summed E-state index contributed by atoms with van der Waals surface area (Å²) in [4.78, 5) is 18.7. The Balaban J connectivity index is 3.12. The molecule has 0 saturated heterocycles. The molecule has 0 bridgehead atoms. The Morgan fingerprint density at radius 3 is 2.71 bits per heavy atom. The highest BCUT2D eigenvalue weighted by atomic mass is 32.2. The van der Waals surface area contributed by atoms with E-state index in [-0.39, 0.29) is 10.4 Å². The van der Waals surface area contributed by atoms with Crippen LogP contribution in [0.4, 0.5) is 0 Å². The molecule has 76 valence electrons. The smallest absolute Gasteiger partial charge is 0.354 e. The minimum absolute atomic E-state index is 0.0390. The Bertz CT molecular complexity index is 352. The molecule has 0 saturated carbocycles. The lowest BCUT2D eigenvalue weighted by Gasteiger charge is -2.19. The minimum atomic E-state index is -1.02. The summed E-state index contributed by atoms with van der Waals surface area (Å²) in [5.41, 5.74) is 0.0390. The first kappa shape index (κ1) is 11.0. The molecule has 1 aromatic heterocycles. The molecular weight excluding hydrogens is 200 g/mol. The topological polar surface area (TPSA) is 63.1 Å². The zero-order chi connectivity index (χ0) is 10.8.